The summed E-state index contributed by atoms with van der Waals surface area (Å²) in [5, 5.41) is 16.6. The van der Waals surface area contributed by atoms with E-state index in [1.54, 1.807) is 4.90 Å². The van der Waals surface area contributed by atoms with E-state index in [1.807, 2.05) is 0 Å². The van der Waals surface area contributed by atoms with Gasteiger partial charge in [-0.2, -0.15) is 0 Å². The lowest BCUT2D eigenvalue weighted by molar-refractivity contribution is 0.197. The summed E-state index contributed by atoms with van der Waals surface area (Å²) in [6, 6.07) is 0. The standard InChI is InChI=1S/C5H12NO2/c1-6(2-4-7)3-5-8/h7-8H,1-5H2. The predicted octanol–water partition coefficient (Wildman–Crippen LogP) is -0.935. The second-order valence-electron chi connectivity index (χ2n) is 1.57. The van der Waals surface area contributed by atoms with Crippen molar-refractivity contribution >= 4 is 0 Å². The van der Waals surface area contributed by atoms with E-state index in [-0.39, 0.29) is 13.2 Å². The summed E-state index contributed by atoms with van der Waals surface area (Å²) in [6.07, 6.45) is 0. The highest BCUT2D eigenvalue weighted by molar-refractivity contribution is 4.50. The number of aliphatic hydroxyl groups excluding tert-OH is 2. The summed E-state index contributed by atoms with van der Waals surface area (Å²) in [7, 11) is 3.53. The minimum absolute atomic E-state index is 0.101. The predicted molar refractivity (Wildman–Crippen MR) is 31.1 cm³/mol. The van der Waals surface area contributed by atoms with Gasteiger partial charge in [0.2, 0.25) is 0 Å². The van der Waals surface area contributed by atoms with E-state index in [9.17, 15) is 0 Å². The van der Waals surface area contributed by atoms with E-state index in [4.69, 9.17) is 10.2 Å². The van der Waals surface area contributed by atoms with Gasteiger partial charge in [0.1, 0.15) is 0 Å². The molecule has 1 radical (unpaired) electrons. The third-order valence-electron chi connectivity index (χ3n) is 0.832. The molecule has 0 aromatic heterocycles. The van der Waals surface area contributed by atoms with E-state index < -0.39 is 0 Å². The molecule has 0 unspecified atom stereocenters. The fourth-order valence-electron chi connectivity index (χ4n) is 0.395. The minimum Gasteiger partial charge on any atom is -0.395 e. The van der Waals surface area contributed by atoms with E-state index >= 15 is 0 Å². The van der Waals surface area contributed by atoms with Crippen molar-refractivity contribution in [2.45, 2.75) is 0 Å². The van der Waals surface area contributed by atoms with Crippen LogP contribution < -0.4 is 0 Å². The molecular weight excluding hydrogens is 106 g/mol. The van der Waals surface area contributed by atoms with Crippen LogP contribution >= 0.6 is 0 Å². The Balaban J connectivity index is 2.92. The van der Waals surface area contributed by atoms with Gasteiger partial charge >= 0.3 is 0 Å². The maximum absolute atomic E-state index is 8.30. The van der Waals surface area contributed by atoms with Gasteiger partial charge in [-0.05, 0) is 0 Å². The fourth-order valence-corrected chi connectivity index (χ4v) is 0.395. The van der Waals surface area contributed by atoms with Gasteiger partial charge in [-0.25, -0.2) is 0 Å². The number of rotatable bonds is 4. The second kappa shape index (κ2) is 5.03. The van der Waals surface area contributed by atoms with Crippen LogP contribution in [0.1, 0.15) is 0 Å². The van der Waals surface area contributed by atoms with Crippen LogP contribution in [-0.4, -0.2) is 41.4 Å². The monoisotopic (exact) mass is 118 g/mol. The zero-order valence-electron chi connectivity index (χ0n) is 4.88. The highest BCUT2D eigenvalue weighted by atomic mass is 16.3. The molecule has 0 saturated carbocycles. The zero-order chi connectivity index (χ0) is 6.41. The highest BCUT2D eigenvalue weighted by Crippen LogP contribution is 1.79. The fraction of sp³-hybridized carbons (Fsp3) is 0.800. The summed E-state index contributed by atoms with van der Waals surface area (Å²) in [6.45, 7) is 1.26. The Morgan fingerprint density at radius 3 is 1.75 bits per heavy atom. The van der Waals surface area contributed by atoms with Gasteiger partial charge in [-0.15, -0.1) is 0 Å². The van der Waals surface area contributed by atoms with Crippen LogP contribution in [0.15, 0.2) is 0 Å². The molecule has 0 amide bonds. The van der Waals surface area contributed by atoms with Crippen LogP contribution in [0.25, 0.3) is 0 Å². The lowest BCUT2D eigenvalue weighted by Gasteiger charge is -2.11. The molecule has 0 fully saturated rings. The van der Waals surface area contributed by atoms with Crippen molar-refractivity contribution in [3.8, 4) is 0 Å². The van der Waals surface area contributed by atoms with Crippen molar-refractivity contribution in [1.29, 1.82) is 0 Å². The van der Waals surface area contributed by atoms with Crippen LogP contribution in [0, 0.1) is 7.05 Å². The molecule has 49 valence electrons. The normalized spacial score (nSPS) is 10.5. The molecule has 0 atom stereocenters. The molecule has 0 aliphatic heterocycles. The largest absolute Gasteiger partial charge is 0.395 e. The van der Waals surface area contributed by atoms with E-state index in [1.165, 1.54) is 0 Å². The first-order valence-corrected chi connectivity index (χ1v) is 2.58. The smallest absolute Gasteiger partial charge is 0.0558 e. The molecule has 0 saturated heterocycles. The van der Waals surface area contributed by atoms with Gasteiger partial charge in [0, 0.05) is 20.1 Å². The van der Waals surface area contributed by atoms with Crippen molar-refractivity contribution in [2.24, 2.45) is 0 Å². The number of nitrogens with zero attached hydrogens (tertiary/aromatic N) is 1. The van der Waals surface area contributed by atoms with E-state index in [0.29, 0.717) is 13.1 Å². The number of aliphatic hydroxyl groups is 2. The molecule has 2 N–H and O–H groups in total. The SMILES string of the molecule is [CH2]N(CCO)CCO. The van der Waals surface area contributed by atoms with Gasteiger partial charge in [-0.3, -0.25) is 4.90 Å². The topological polar surface area (TPSA) is 43.7 Å². The summed E-state index contributed by atoms with van der Waals surface area (Å²) in [5.74, 6) is 0. The Hall–Kier alpha value is -0.120. The summed E-state index contributed by atoms with van der Waals surface area (Å²) in [4.78, 5) is 1.61. The average molecular weight is 118 g/mol. The van der Waals surface area contributed by atoms with Crippen molar-refractivity contribution in [3.05, 3.63) is 7.05 Å². The Morgan fingerprint density at radius 2 is 1.50 bits per heavy atom. The first-order valence-electron chi connectivity index (χ1n) is 2.58. The maximum Gasteiger partial charge on any atom is 0.0558 e. The second-order valence-corrected chi connectivity index (χ2v) is 1.57. The molecule has 0 heterocycles. The molecular formula is C5H12NO2. The van der Waals surface area contributed by atoms with Crippen LogP contribution in [0.5, 0.6) is 0 Å². The molecule has 3 heteroatoms. The third-order valence-corrected chi connectivity index (χ3v) is 0.832. The third kappa shape index (κ3) is 4.05. The van der Waals surface area contributed by atoms with E-state index in [2.05, 4.69) is 7.05 Å². The van der Waals surface area contributed by atoms with Crippen molar-refractivity contribution in [3.63, 3.8) is 0 Å². The Morgan fingerprint density at radius 1 is 1.12 bits per heavy atom. The minimum atomic E-state index is 0.101. The summed E-state index contributed by atoms with van der Waals surface area (Å²) < 4.78 is 0. The van der Waals surface area contributed by atoms with E-state index in [0.717, 1.165) is 0 Å². The van der Waals surface area contributed by atoms with Gasteiger partial charge in [0.05, 0.1) is 13.2 Å². The Labute approximate surface area is 49.5 Å². The molecule has 8 heavy (non-hydrogen) atoms. The average Bonchev–Trinajstić information content (AvgIpc) is 1.68. The molecule has 3 nitrogen and oxygen atoms in total. The van der Waals surface area contributed by atoms with Crippen LogP contribution in [0.3, 0.4) is 0 Å². The summed E-state index contributed by atoms with van der Waals surface area (Å²) in [5.41, 5.74) is 0. The first kappa shape index (κ1) is 7.88. The van der Waals surface area contributed by atoms with Gasteiger partial charge in [0.25, 0.3) is 0 Å². The van der Waals surface area contributed by atoms with Crippen molar-refractivity contribution < 1.29 is 10.2 Å². The van der Waals surface area contributed by atoms with Gasteiger partial charge < -0.3 is 10.2 Å². The Bertz CT molecular complexity index is 43.7. The molecule has 0 rings (SSSR count). The first-order chi connectivity index (χ1) is 3.81. The van der Waals surface area contributed by atoms with Crippen LogP contribution in [0.4, 0.5) is 0 Å². The molecule has 0 aromatic carbocycles. The van der Waals surface area contributed by atoms with Gasteiger partial charge in [0.15, 0.2) is 0 Å². The number of hydrogen-bond donors (Lipinski definition) is 2. The number of hydrogen-bond acceptors (Lipinski definition) is 3. The molecule has 0 aliphatic carbocycles. The van der Waals surface area contributed by atoms with Crippen LogP contribution in [-0.2, 0) is 0 Å². The molecule has 0 bridgehead atoms. The lowest BCUT2D eigenvalue weighted by Crippen LogP contribution is -2.22. The van der Waals surface area contributed by atoms with Crippen molar-refractivity contribution in [1.82, 2.24) is 4.90 Å². The molecule has 0 spiro atoms. The summed E-state index contributed by atoms with van der Waals surface area (Å²) >= 11 is 0. The molecule has 0 aromatic rings. The van der Waals surface area contributed by atoms with Crippen LogP contribution in [0.2, 0.25) is 0 Å². The quantitative estimate of drug-likeness (QED) is 0.501. The maximum atomic E-state index is 8.30. The lowest BCUT2D eigenvalue weighted by atomic mass is 10.5. The van der Waals surface area contributed by atoms with Crippen molar-refractivity contribution in [2.75, 3.05) is 26.3 Å². The highest BCUT2D eigenvalue weighted by Gasteiger charge is 1.92. The zero-order valence-corrected chi connectivity index (χ0v) is 4.88. The molecule has 0 aliphatic rings. The Kier molecular flexibility index (Phi) is 4.95. The van der Waals surface area contributed by atoms with Gasteiger partial charge in [-0.1, -0.05) is 0 Å².